The van der Waals surface area contributed by atoms with Gasteiger partial charge in [0.1, 0.15) is 0 Å². The van der Waals surface area contributed by atoms with Crippen LogP contribution in [-0.4, -0.2) is 44.1 Å². The molecule has 0 bridgehead atoms. The first kappa shape index (κ1) is 24.1. The van der Waals surface area contributed by atoms with Gasteiger partial charge in [-0.25, -0.2) is 8.42 Å². The largest absolute Gasteiger partial charge is 0.416 e. The Labute approximate surface area is 184 Å². The van der Waals surface area contributed by atoms with Crippen LogP contribution in [0.3, 0.4) is 0 Å². The van der Waals surface area contributed by atoms with E-state index in [-0.39, 0.29) is 31.2 Å². The van der Waals surface area contributed by atoms with E-state index in [9.17, 15) is 21.6 Å². The summed E-state index contributed by atoms with van der Waals surface area (Å²) in [5, 5.41) is 11.8. The number of alkyl halides is 3. The molecule has 0 spiro atoms. The molecule has 0 unspecified atom stereocenters. The zero-order valence-electron chi connectivity index (χ0n) is 17.1. The van der Waals surface area contributed by atoms with Gasteiger partial charge in [-0.3, -0.25) is 10.3 Å². The molecule has 1 aliphatic heterocycles. The third-order valence-electron chi connectivity index (χ3n) is 4.80. The second kappa shape index (κ2) is 10.3. The third kappa shape index (κ3) is 6.22. The van der Waals surface area contributed by atoms with Crippen LogP contribution in [0.25, 0.3) is 0 Å². The summed E-state index contributed by atoms with van der Waals surface area (Å²) >= 11 is 0. The van der Waals surface area contributed by atoms with Gasteiger partial charge in [0.05, 0.1) is 23.7 Å². The van der Waals surface area contributed by atoms with Crippen LogP contribution in [0, 0.1) is 0 Å². The first-order chi connectivity index (χ1) is 15.2. The van der Waals surface area contributed by atoms with Crippen LogP contribution >= 0.6 is 0 Å². The summed E-state index contributed by atoms with van der Waals surface area (Å²) in [6.45, 7) is 0.648. The first-order valence-electron chi connectivity index (χ1n) is 9.88. The van der Waals surface area contributed by atoms with E-state index < -0.39 is 21.8 Å². The van der Waals surface area contributed by atoms with Gasteiger partial charge in [-0.15, -0.1) is 0 Å². The number of hydrogen-bond donors (Lipinski definition) is 3. The number of benzene rings is 2. The highest BCUT2D eigenvalue weighted by atomic mass is 32.2. The lowest BCUT2D eigenvalue weighted by atomic mass is 10.1. The van der Waals surface area contributed by atoms with E-state index in [2.05, 4.69) is 10.8 Å². The topological polar surface area (TPSA) is 90.9 Å². The molecule has 2 aromatic carbocycles. The van der Waals surface area contributed by atoms with Gasteiger partial charge >= 0.3 is 6.18 Å². The number of sulfonamides is 1. The molecule has 7 nitrogen and oxygen atoms in total. The second-order valence-electron chi connectivity index (χ2n) is 7.11. The van der Waals surface area contributed by atoms with Gasteiger partial charge in [-0.1, -0.05) is 12.1 Å². The van der Waals surface area contributed by atoms with E-state index in [0.29, 0.717) is 29.9 Å². The molecule has 174 valence electrons. The van der Waals surface area contributed by atoms with Gasteiger partial charge in [-0.2, -0.15) is 17.5 Å². The summed E-state index contributed by atoms with van der Waals surface area (Å²) in [5.41, 5.74) is 3.69. The SMILES string of the molecule is O=S(=O)(c1ccc(NCCO)cc1)N1CC=C(NOCc2cccc(C(F)(F)F)c2)CC1. The zero-order valence-corrected chi connectivity index (χ0v) is 17.9. The molecule has 3 N–H and O–H groups in total. The number of anilines is 1. The molecular weight excluding hydrogens is 447 g/mol. The molecule has 0 atom stereocenters. The van der Waals surface area contributed by atoms with E-state index >= 15 is 0 Å². The Hall–Kier alpha value is -2.60. The smallest absolute Gasteiger partial charge is 0.395 e. The maximum Gasteiger partial charge on any atom is 0.416 e. The van der Waals surface area contributed by atoms with Crippen LogP contribution in [-0.2, 0) is 27.6 Å². The standard InChI is InChI=1S/C21H24F3N3O4S/c22-21(23,24)17-3-1-2-16(14-17)15-31-26-19-8-11-27(12-9-19)32(29,30)20-6-4-18(5-7-20)25-10-13-28/h1-8,14,25-26,28H,9-13,15H2. The summed E-state index contributed by atoms with van der Waals surface area (Å²) in [6, 6.07) is 11.2. The minimum atomic E-state index is -4.42. The number of nitrogens with one attached hydrogen (secondary N) is 2. The number of aliphatic hydroxyl groups excluding tert-OH is 1. The quantitative estimate of drug-likeness (QED) is 0.487. The van der Waals surface area contributed by atoms with Crippen molar-refractivity contribution in [3.8, 4) is 0 Å². The Bertz CT molecular complexity index is 1040. The molecule has 0 radical (unpaired) electrons. The van der Waals surface area contributed by atoms with Crippen LogP contribution in [0.4, 0.5) is 18.9 Å². The number of hydrogen-bond acceptors (Lipinski definition) is 6. The molecule has 1 heterocycles. The predicted octanol–water partition coefficient (Wildman–Crippen LogP) is 3.11. The van der Waals surface area contributed by atoms with Crippen molar-refractivity contribution in [3.63, 3.8) is 0 Å². The summed E-state index contributed by atoms with van der Waals surface area (Å²) in [4.78, 5) is 5.46. The number of halogens is 3. The molecule has 0 amide bonds. The Morgan fingerprint density at radius 3 is 2.50 bits per heavy atom. The van der Waals surface area contributed by atoms with Gasteiger partial charge in [0.15, 0.2) is 0 Å². The molecule has 0 saturated carbocycles. The van der Waals surface area contributed by atoms with Crippen LogP contribution in [0.5, 0.6) is 0 Å². The Morgan fingerprint density at radius 2 is 1.88 bits per heavy atom. The van der Waals surface area contributed by atoms with Gasteiger partial charge < -0.3 is 10.4 Å². The van der Waals surface area contributed by atoms with Gasteiger partial charge in [-0.05, 0) is 48.0 Å². The molecular formula is C21H24F3N3O4S. The number of aliphatic hydroxyl groups is 1. The molecule has 3 rings (SSSR count). The van der Waals surface area contributed by atoms with Crippen molar-refractivity contribution >= 4 is 15.7 Å². The highest BCUT2D eigenvalue weighted by Gasteiger charge is 2.30. The van der Waals surface area contributed by atoms with Crippen molar-refractivity contribution in [1.82, 2.24) is 9.79 Å². The average molecular weight is 472 g/mol. The minimum Gasteiger partial charge on any atom is -0.395 e. The molecule has 2 aromatic rings. The molecule has 0 saturated heterocycles. The summed E-state index contributed by atoms with van der Waals surface area (Å²) in [7, 11) is -3.67. The number of nitrogens with zero attached hydrogens (tertiary/aromatic N) is 1. The monoisotopic (exact) mass is 471 g/mol. The van der Waals surface area contributed by atoms with Crippen molar-refractivity contribution in [2.45, 2.75) is 24.1 Å². The average Bonchev–Trinajstić information content (AvgIpc) is 2.78. The lowest BCUT2D eigenvalue weighted by Crippen LogP contribution is -2.36. The normalized spacial score (nSPS) is 15.3. The minimum absolute atomic E-state index is 0.0276. The highest BCUT2D eigenvalue weighted by Crippen LogP contribution is 2.29. The third-order valence-corrected chi connectivity index (χ3v) is 6.68. The van der Waals surface area contributed by atoms with E-state index in [1.54, 1.807) is 18.2 Å². The lowest BCUT2D eigenvalue weighted by molar-refractivity contribution is -0.137. The van der Waals surface area contributed by atoms with Crippen molar-refractivity contribution in [2.24, 2.45) is 0 Å². The number of hydroxylamine groups is 1. The Morgan fingerprint density at radius 1 is 1.12 bits per heavy atom. The van der Waals surface area contributed by atoms with E-state index in [4.69, 9.17) is 9.94 Å². The maximum atomic E-state index is 12.8. The van der Waals surface area contributed by atoms with Crippen molar-refractivity contribution in [3.05, 3.63) is 71.4 Å². The highest BCUT2D eigenvalue weighted by molar-refractivity contribution is 7.89. The summed E-state index contributed by atoms with van der Waals surface area (Å²) in [6.07, 6.45) is -2.37. The van der Waals surface area contributed by atoms with Crippen LogP contribution in [0.1, 0.15) is 17.5 Å². The fourth-order valence-electron chi connectivity index (χ4n) is 3.11. The van der Waals surface area contributed by atoms with E-state index in [1.807, 2.05) is 0 Å². The maximum absolute atomic E-state index is 12.8. The zero-order chi connectivity index (χ0) is 23.2. The first-order valence-corrected chi connectivity index (χ1v) is 11.3. The lowest BCUT2D eigenvalue weighted by Gasteiger charge is -2.26. The molecule has 1 aliphatic rings. The second-order valence-corrected chi connectivity index (χ2v) is 9.04. The molecule has 0 aliphatic carbocycles. The Kier molecular flexibility index (Phi) is 7.77. The van der Waals surface area contributed by atoms with Crippen molar-refractivity contribution in [2.75, 3.05) is 31.6 Å². The Balaban J connectivity index is 1.53. The molecule has 32 heavy (non-hydrogen) atoms. The number of rotatable bonds is 9. The van der Waals surface area contributed by atoms with E-state index in [0.717, 1.165) is 12.1 Å². The van der Waals surface area contributed by atoms with Crippen molar-refractivity contribution in [1.29, 1.82) is 0 Å². The van der Waals surface area contributed by atoms with Crippen LogP contribution < -0.4 is 10.8 Å². The van der Waals surface area contributed by atoms with Crippen LogP contribution in [0.2, 0.25) is 0 Å². The predicted molar refractivity (Wildman–Crippen MR) is 113 cm³/mol. The van der Waals surface area contributed by atoms with E-state index in [1.165, 1.54) is 28.6 Å². The van der Waals surface area contributed by atoms with Crippen LogP contribution in [0.15, 0.2) is 65.2 Å². The molecule has 0 fully saturated rings. The molecule has 11 heteroatoms. The summed E-state index contributed by atoms with van der Waals surface area (Å²) in [5.74, 6) is 0. The van der Waals surface area contributed by atoms with Gasteiger partial charge in [0, 0.05) is 37.4 Å². The summed E-state index contributed by atoms with van der Waals surface area (Å²) < 4.78 is 65.3. The van der Waals surface area contributed by atoms with Crippen molar-refractivity contribution < 1.29 is 31.5 Å². The molecule has 0 aromatic heterocycles. The van der Waals surface area contributed by atoms with Gasteiger partial charge in [0.2, 0.25) is 10.0 Å². The fourth-order valence-corrected chi connectivity index (χ4v) is 4.49. The fraction of sp³-hybridized carbons (Fsp3) is 0.333. The van der Waals surface area contributed by atoms with Gasteiger partial charge in [0.25, 0.3) is 0 Å².